The van der Waals surface area contributed by atoms with Crippen molar-refractivity contribution >= 4 is 33.1 Å². The van der Waals surface area contributed by atoms with Crippen LogP contribution in [0.2, 0.25) is 0 Å². The van der Waals surface area contributed by atoms with Crippen LogP contribution in [0.4, 0.5) is 11.4 Å². The Labute approximate surface area is 205 Å². The van der Waals surface area contributed by atoms with Crippen molar-refractivity contribution in [1.82, 2.24) is 10.2 Å². The van der Waals surface area contributed by atoms with Crippen LogP contribution >= 0.6 is 15.9 Å². The number of nitrogen functional groups attached to an aromatic ring is 1. The molecule has 2 aromatic carbocycles. The number of nitrogens with two attached hydrogens (primary N) is 1. The van der Waals surface area contributed by atoms with Crippen LogP contribution in [0, 0.1) is 0 Å². The molecule has 2 aromatic rings. The van der Waals surface area contributed by atoms with Gasteiger partial charge in [0, 0.05) is 42.4 Å². The summed E-state index contributed by atoms with van der Waals surface area (Å²) in [6.45, 7) is 10.4. The first-order valence-corrected chi connectivity index (χ1v) is 12.3. The van der Waals surface area contributed by atoms with Gasteiger partial charge in [0.05, 0.1) is 24.6 Å². The maximum Gasteiger partial charge on any atom is 0.133 e. The highest BCUT2D eigenvalue weighted by Gasteiger charge is 2.13. The summed E-state index contributed by atoms with van der Waals surface area (Å²) in [4.78, 5) is 7.02. The molecule has 2 aliphatic heterocycles. The molecular formula is C25H34BrN5O2. The van der Waals surface area contributed by atoms with Crippen LogP contribution in [0.15, 0.2) is 63.9 Å². The topological polar surface area (TPSA) is 84.1 Å². The lowest BCUT2D eigenvalue weighted by Gasteiger charge is -2.26. The third-order valence-electron chi connectivity index (χ3n) is 5.26. The highest BCUT2D eigenvalue weighted by molar-refractivity contribution is 9.10. The van der Waals surface area contributed by atoms with E-state index in [1.54, 1.807) is 0 Å². The Balaban J connectivity index is 0.00000149. The Morgan fingerprint density at radius 2 is 2.00 bits per heavy atom. The van der Waals surface area contributed by atoms with E-state index < -0.39 is 0 Å². The zero-order valence-corrected chi connectivity index (χ0v) is 21.0. The Bertz CT molecular complexity index is 958. The molecule has 1 saturated heterocycles. The molecule has 178 valence electrons. The van der Waals surface area contributed by atoms with E-state index in [0.29, 0.717) is 19.7 Å². The molecule has 8 heteroatoms. The van der Waals surface area contributed by atoms with Crippen LogP contribution in [0.1, 0.15) is 25.0 Å². The van der Waals surface area contributed by atoms with Crippen molar-refractivity contribution in [2.75, 3.05) is 57.1 Å². The van der Waals surface area contributed by atoms with E-state index in [4.69, 9.17) is 15.2 Å². The second kappa shape index (κ2) is 13.2. The van der Waals surface area contributed by atoms with Gasteiger partial charge in [0.15, 0.2) is 0 Å². The van der Waals surface area contributed by atoms with Crippen molar-refractivity contribution in [2.24, 2.45) is 4.99 Å². The number of benzene rings is 2. The second-order valence-corrected chi connectivity index (χ2v) is 8.42. The first kappa shape index (κ1) is 25.1. The Morgan fingerprint density at radius 3 is 2.76 bits per heavy atom. The number of nitrogens with one attached hydrogen (secondary N) is 2. The number of anilines is 2. The highest BCUT2D eigenvalue weighted by Crippen LogP contribution is 2.24. The zero-order valence-electron chi connectivity index (χ0n) is 19.4. The predicted octanol–water partition coefficient (Wildman–Crippen LogP) is 4.21. The van der Waals surface area contributed by atoms with E-state index in [1.165, 1.54) is 0 Å². The number of rotatable bonds is 8. The van der Waals surface area contributed by atoms with E-state index in [9.17, 15) is 0 Å². The number of hydrogen-bond donors (Lipinski definition) is 3. The summed E-state index contributed by atoms with van der Waals surface area (Å²) in [5.74, 6) is 1.71. The number of ether oxygens (including phenoxy) is 2. The minimum absolute atomic E-state index is 0.544. The monoisotopic (exact) mass is 515 g/mol. The van der Waals surface area contributed by atoms with Crippen molar-refractivity contribution < 1.29 is 9.47 Å². The summed E-state index contributed by atoms with van der Waals surface area (Å²) in [6, 6.07) is 14.1. The molecule has 2 heterocycles. The average Bonchev–Trinajstić information content (AvgIpc) is 2.87. The summed E-state index contributed by atoms with van der Waals surface area (Å²) < 4.78 is 12.3. The smallest absolute Gasteiger partial charge is 0.133 e. The minimum Gasteiger partial charge on any atom is -0.493 e. The van der Waals surface area contributed by atoms with Crippen LogP contribution in [-0.2, 0) is 16.0 Å². The molecule has 0 aromatic heterocycles. The number of hydrogen-bond acceptors (Lipinski definition) is 7. The van der Waals surface area contributed by atoms with Crippen molar-refractivity contribution in [1.29, 1.82) is 0 Å². The molecule has 0 aliphatic carbocycles. The van der Waals surface area contributed by atoms with E-state index in [-0.39, 0.29) is 0 Å². The predicted molar refractivity (Wildman–Crippen MR) is 140 cm³/mol. The van der Waals surface area contributed by atoms with Gasteiger partial charge in [-0.05, 0) is 29.8 Å². The van der Waals surface area contributed by atoms with Gasteiger partial charge in [-0.1, -0.05) is 48.0 Å². The van der Waals surface area contributed by atoms with Gasteiger partial charge in [0.2, 0.25) is 0 Å². The molecule has 0 atom stereocenters. The molecule has 0 saturated carbocycles. The SMILES string of the molecule is CC.Nc1ccc(Br)cc1NCc1cccc(C2=NCC(OCCN3CCOCC3)=CN2)c1. The third-order valence-corrected chi connectivity index (χ3v) is 5.75. The minimum atomic E-state index is 0.544. The van der Waals surface area contributed by atoms with Crippen molar-refractivity contribution in [2.45, 2.75) is 20.4 Å². The standard InChI is InChI=1S/C23H28BrN5O2.C2H6/c24-19-4-5-21(25)22(13-19)26-14-17-2-1-3-18(12-17)23-27-15-20(16-28-23)31-11-8-29-6-9-30-10-7-29;1-2/h1-5,12-13,15,26H,6-11,14,16,25H2,(H,27,28);1-2H3. The van der Waals surface area contributed by atoms with Crippen LogP contribution in [0.3, 0.4) is 0 Å². The molecule has 0 spiro atoms. The molecule has 4 rings (SSSR count). The number of amidine groups is 1. The summed E-state index contributed by atoms with van der Waals surface area (Å²) in [6.07, 6.45) is 1.91. The lowest BCUT2D eigenvalue weighted by molar-refractivity contribution is 0.0273. The van der Waals surface area contributed by atoms with Crippen molar-refractivity contribution in [3.8, 4) is 0 Å². The van der Waals surface area contributed by atoms with Gasteiger partial charge in [0.25, 0.3) is 0 Å². The molecule has 0 amide bonds. The van der Waals surface area contributed by atoms with Gasteiger partial charge in [0.1, 0.15) is 24.7 Å². The molecule has 0 radical (unpaired) electrons. The van der Waals surface area contributed by atoms with Gasteiger partial charge >= 0.3 is 0 Å². The quantitative estimate of drug-likeness (QED) is 0.456. The first-order valence-electron chi connectivity index (χ1n) is 11.5. The fourth-order valence-electron chi connectivity index (χ4n) is 3.50. The van der Waals surface area contributed by atoms with E-state index in [2.05, 4.69) is 54.7 Å². The summed E-state index contributed by atoms with van der Waals surface area (Å²) in [7, 11) is 0. The number of morpholine rings is 1. The summed E-state index contributed by atoms with van der Waals surface area (Å²) in [5, 5.41) is 6.67. The second-order valence-electron chi connectivity index (χ2n) is 7.51. The van der Waals surface area contributed by atoms with Gasteiger partial charge in [-0.15, -0.1) is 0 Å². The van der Waals surface area contributed by atoms with Crippen LogP contribution in [0.5, 0.6) is 0 Å². The first-order chi connectivity index (χ1) is 16.2. The fraction of sp³-hybridized carbons (Fsp3) is 0.400. The Morgan fingerprint density at radius 1 is 1.18 bits per heavy atom. The lowest BCUT2D eigenvalue weighted by atomic mass is 10.1. The van der Waals surface area contributed by atoms with Crippen molar-refractivity contribution in [3.05, 3.63) is 70.0 Å². The summed E-state index contributed by atoms with van der Waals surface area (Å²) >= 11 is 3.48. The van der Waals surface area contributed by atoms with Gasteiger partial charge in [-0.2, -0.15) is 0 Å². The van der Waals surface area contributed by atoms with Crippen LogP contribution in [0.25, 0.3) is 0 Å². The lowest BCUT2D eigenvalue weighted by Crippen LogP contribution is -2.38. The molecule has 33 heavy (non-hydrogen) atoms. The number of halogens is 1. The normalized spacial score (nSPS) is 16.0. The maximum atomic E-state index is 6.05. The largest absolute Gasteiger partial charge is 0.493 e. The molecule has 4 N–H and O–H groups in total. The van der Waals surface area contributed by atoms with Crippen molar-refractivity contribution in [3.63, 3.8) is 0 Å². The van der Waals surface area contributed by atoms with E-state index >= 15 is 0 Å². The Hall–Kier alpha value is -2.55. The maximum absolute atomic E-state index is 6.05. The molecule has 1 fully saturated rings. The molecular weight excluding hydrogens is 482 g/mol. The molecule has 0 unspecified atom stereocenters. The van der Waals surface area contributed by atoms with Crippen LogP contribution < -0.4 is 16.4 Å². The zero-order chi connectivity index (χ0) is 23.5. The van der Waals surface area contributed by atoms with Gasteiger partial charge < -0.3 is 25.8 Å². The fourth-order valence-corrected chi connectivity index (χ4v) is 3.86. The summed E-state index contributed by atoms with van der Waals surface area (Å²) in [5.41, 5.74) is 9.89. The molecule has 0 bridgehead atoms. The molecule has 2 aliphatic rings. The number of nitrogens with zero attached hydrogens (tertiary/aromatic N) is 2. The van der Waals surface area contributed by atoms with Gasteiger partial charge in [-0.25, -0.2) is 0 Å². The average molecular weight is 516 g/mol. The Kier molecular flexibility index (Phi) is 10.1. The third kappa shape index (κ3) is 7.77. The molecule has 7 nitrogen and oxygen atoms in total. The van der Waals surface area contributed by atoms with Gasteiger partial charge in [-0.3, -0.25) is 9.89 Å². The number of aliphatic imine (C=N–C) groups is 1. The van der Waals surface area contributed by atoms with E-state index in [1.807, 2.05) is 44.3 Å². The highest BCUT2D eigenvalue weighted by atomic mass is 79.9. The van der Waals surface area contributed by atoms with E-state index in [0.717, 1.165) is 71.4 Å². The van der Waals surface area contributed by atoms with Crippen LogP contribution in [-0.4, -0.2) is 56.7 Å².